The molecule has 0 aromatic rings. The molecular formula is C88H171NO18. The van der Waals surface area contributed by atoms with Crippen LogP contribution in [0.15, 0.2) is 0 Å². The van der Waals surface area contributed by atoms with E-state index in [4.69, 9.17) is 28.4 Å². The molecule has 0 radical (unpaired) electrons. The Bertz CT molecular complexity index is 1930. The van der Waals surface area contributed by atoms with Gasteiger partial charge >= 0.3 is 0 Å². The molecule has 3 saturated heterocycles. The minimum absolute atomic E-state index is 0.231. The lowest BCUT2D eigenvalue weighted by Crippen LogP contribution is -2.66. The number of rotatable bonds is 76. The van der Waals surface area contributed by atoms with Gasteiger partial charge in [-0.3, -0.25) is 4.79 Å². The summed E-state index contributed by atoms with van der Waals surface area (Å²) in [5, 5.41) is 121. The van der Waals surface area contributed by atoms with Crippen LogP contribution in [-0.4, -0.2) is 193 Å². The van der Waals surface area contributed by atoms with Crippen LogP contribution in [0.1, 0.15) is 425 Å². The molecule has 3 fully saturated rings. The molecule has 0 saturated carbocycles. The topological polar surface area (TPSA) is 307 Å². The van der Waals surface area contributed by atoms with E-state index >= 15 is 0 Å². The molecule has 0 spiro atoms. The zero-order chi connectivity index (χ0) is 77.4. The molecule has 3 aliphatic rings. The van der Waals surface area contributed by atoms with E-state index in [2.05, 4.69) is 19.2 Å². The minimum atomic E-state index is -1.97. The summed E-state index contributed by atoms with van der Waals surface area (Å²) in [6.45, 7) is 1.89. The van der Waals surface area contributed by atoms with Crippen molar-refractivity contribution < 1.29 is 89.4 Å². The highest BCUT2D eigenvalue weighted by Gasteiger charge is 2.54. The molecule has 3 aliphatic heterocycles. The van der Waals surface area contributed by atoms with Gasteiger partial charge in [0.2, 0.25) is 5.91 Å². The van der Waals surface area contributed by atoms with Gasteiger partial charge < -0.3 is 89.9 Å². The summed E-state index contributed by atoms with van der Waals surface area (Å²) < 4.78 is 34.6. The van der Waals surface area contributed by atoms with Gasteiger partial charge in [-0.2, -0.15) is 0 Å². The fourth-order valence-corrected chi connectivity index (χ4v) is 16.1. The summed E-state index contributed by atoms with van der Waals surface area (Å²) in [5.74, 6) is -0.231. The Morgan fingerprint density at radius 1 is 0.299 bits per heavy atom. The molecule has 0 aromatic carbocycles. The molecule has 3 rings (SSSR count). The number of aliphatic hydroxyl groups excluding tert-OH is 11. The number of nitrogens with one attached hydrogen (secondary N) is 1. The van der Waals surface area contributed by atoms with Crippen molar-refractivity contribution >= 4 is 5.91 Å². The van der Waals surface area contributed by atoms with E-state index in [9.17, 15) is 61.0 Å². The molecule has 3 heterocycles. The van der Waals surface area contributed by atoms with Gasteiger partial charge in [0.05, 0.1) is 38.6 Å². The first kappa shape index (κ1) is 100.0. The van der Waals surface area contributed by atoms with Gasteiger partial charge in [-0.05, 0) is 12.8 Å². The first-order chi connectivity index (χ1) is 52.3. The Labute approximate surface area is 653 Å². The van der Waals surface area contributed by atoms with Gasteiger partial charge in [-0.25, -0.2) is 0 Å². The Balaban J connectivity index is 1.28. The number of hydrogen-bond acceptors (Lipinski definition) is 18. The molecule has 1 amide bonds. The quantitative estimate of drug-likeness (QED) is 0.0252. The lowest BCUT2D eigenvalue weighted by molar-refractivity contribution is -0.379. The number of ether oxygens (including phenoxy) is 6. The monoisotopic (exact) mass is 1530 g/mol. The zero-order valence-electron chi connectivity index (χ0n) is 68.7. The fraction of sp³-hybridized carbons (Fsp3) is 0.989. The molecule has 17 unspecified atom stereocenters. The normalized spacial score (nSPS) is 25.4. The maximum Gasteiger partial charge on any atom is 0.220 e. The van der Waals surface area contributed by atoms with Crippen molar-refractivity contribution in [3.8, 4) is 0 Å². The number of carbonyl (C=O) groups is 1. The second-order valence-electron chi connectivity index (χ2n) is 33.1. The van der Waals surface area contributed by atoms with Gasteiger partial charge in [0, 0.05) is 6.42 Å². The lowest BCUT2D eigenvalue weighted by atomic mass is 9.96. The molecule has 0 bridgehead atoms. The average Bonchev–Trinajstić information content (AvgIpc) is 0.781. The molecule has 19 nitrogen and oxygen atoms in total. The van der Waals surface area contributed by atoms with Crippen LogP contribution >= 0.6 is 0 Å². The van der Waals surface area contributed by atoms with Crippen molar-refractivity contribution in [1.29, 1.82) is 0 Å². The Morgan fingerprint density at radius 3 is 0.813 bits per heavy atom. The van der Waals surface area contributed by atoms with Crippen LogP contribution in [0.2, 0.25) is 0 Å². The number of amides is 1. The first-order valence-corrected chi connectivity index (χ1v) is 45.8. The summed E-state index contributed by atoms with van der Waals surface area (Å²) >= 11 is 0. The third kappa shape index (κ3) is 48.1. The van der Waals surface area contributed by atoms with Crippen LogP contribution in [0.3, 0.4) is 0 Å². The Hall–Kier alpha value is -1.21. The third-order valence-electron chi connectivity index (χ3n) is 23.4. The van der Waals surface area contributed by atoms with Crippen LogP contribution in [0, 0.1) is 0 Å². The maximum atomic E-state index is 13.5. The summed E-state index contributed by atoms with van der Waals surface area (Å²) in [6.07, 6.45) is 56.7. The van der Waals surface area contributed by atoms with Crippen molar-refractivity contribution in [3.63, 3.8) is 0 Å². The predicted octanol–water partition coefficient (Wildman–Crippen LogP) is 17.3. The van der Waals surface area contributed by atoms with Crippen LogP contribution in [-0.2, 0) is 33.2 Å². The van der Waals surface area contributed by atoms with E-state index in [-0.39, 0.29) is 18.9 Å². The molecule has 0 aliphatic carbocycles. The summed E-state index contributed by atoms with van der Waals surface area (Å²) in [5.41, 5.74) is 0. The fourth-order valence-electron chi connectivity index (χ4n) is 16.1. The van der Waals surface area contributed by atoms with E-state index in [0.29, 0.717) is 12.8 Å². The van der Waals surface area contributed by atoms with Gasteiger partial charge in [0.25, 0.3) is 0 Å². The summed E-state index contributed by atoms with van der Waals surface area (Å²) in [6, 6.07) is -0.884. The molecule has 107 heavy (non-hydrogen) atoms. The minimum Gasteiger partial charge on any atom is -0.394 e. The largest absolute Gasteiger partial charge is 0.394 e. The summed E-state index contributed by atoms with van der Waals surface area (Å²) in [4.78, 5) is 13.5. The predicted molar refractivity (Wildman–Crippen MR) is 430 cm³/mol. The molecule has 12 N–H and O–H groups in total. The van der Waals surface area contributed by atoms with Crippen molar-refractivity contribution in [2.24, 2.45) is 0 Å². The van der Waals surface area contributed by atoms with E-state index in [1.165, 1.54) is 347 Å². The molecular weight excluding hydrogens is 1360 g/mol. The second-order valence-corrected chi connectivity index (χ2v) is 33.1. The maximum absolute atomic E-state index is 13.5. The van der Waals surface area contributed by atoms with Crippen LogP contribution in [0.4, 0.5) is 0 Å². The highest BCUT2D eigenvalue weighted by Crippen LogP contribution is 2.34. The van der Waals surface area contributed by atoms with Crippen LogP contribution < -0.4 is 5.32 Å². The zero-order valence-corrected chi connectivity index (χ0v) is 68.7. The van der Waals surface area contributed by atoms with Crippen LogP contribution in [0.5, 0.6) is 0 Å². The van der Waals surface area contributed by atoms with Gasteiger partial charge in [-0.1, -0.05) is 406 Å². The first-order valence-electron chi connectivity index (χ1n) is 45.8. The molecule has 19 heteroatoms. The van der Waals surface area contributed by atoms with Gasteiger partial charge in [-0.15, -0.1) is 0 Å². The number of carbonyl (C=O) groups excluding carboxylic acids is 1. The van der Waals surface area contributed by atoms with E-state index in [0.717, 1.165) is 44.9 Å². The van der Waals surface area contributed by atoms with E-state index in [1.54, 1.807) is 0 Å². The molecule has 0 aromatic heterocycles. The lowest BCUT2D eigenvalue weighted by Gasteiger charge is -2.48. The smallest absolute Gasteiger partial charge is 0.220 e. The van der Waals surface area contributed by atoms with Gasteiger partial charge in [0.15, 0.2) is 18.9 Å². The van der Waals surface area contributed by atoms with E-state index < -0.39 is 124 Å². The number of unbranched alkanes of at least 4 members (excludes halogenated alkanes) is 60. The molecule has 636 valence electrons. The van der Waals surface area contributed by atoms with Gasteiger partial charge in [0.1, 0.15) is 73.2 Å². The SMILES string of the molecule is CCCCCCCCCCCCCCCCCCCCCCCCCCCCCCCCCCCCCCCCCCC(=O)NC(COC1OC(CO)C(OC2OC(CO)C(OC3OC(CO)C(O)C(O)C3O)C(O)C2O)C(O)C1O)C(O)CCCCCCCCCCCCCCCCCCCCCCCC. The number of hydrogen-bond donors (Lipinski definition) is 12. The summed E-state index contributed by atoms with van der Waals surface area (Å²) in [7, 11) is 0. The standard InChI is InChI=1S/C88H171NO18/c1-3-5-7-9-11-13-15-17-19-21-23-25-27-28-29-30-31-32-33-34-35-36-37-38-39-40-41-42-43-44-46-48-50-52-54-56-58-60-62-64-66-76(94)89-71(72(93)65-63-61-59-57-55-53-51-49-47-45-26-24-22-20-18-16-14-12-10-8-6-4-2)70-102-86-82(100)79(97)84(74(68-91)104-86)107-88-83(101)80(98)85(75(69-92)105-88)106-87-81(99)78(96)77(95)73(67-90)103-87/h71-75,77-88,90-93,95-101H,3-70H2,1-2H3,(H,89,94). The van der Waals surface area contributed by atoms with Crippen molar-refractivity contribution in [2.75, 3.05) is 26.4 Å². The van der Waals surface area contributed by atoms with Crippen LogP contribution in [0.25, 0.3) is 0 Å². The highest BCUT2D eigenvalue weighted by atomic mass is 16.8. The highest BCUT2D eigenvalue weighted by molar-refractivity contribution is 5.76. The average molecular weight is 1530 g/mol. The Morgan fingerprint density at radius 2 is 0.533 bits per heavy atom. The third-order valence-corrected chi connectivity index (χ3v) is 23.4. The number of aliphatic hydroxyl groups is 11. The van der Waals surface area contributed by atoms with Crippen molar-refractivity contribution in [3.05, 3.63) is 0 Å². The Kier molecular flexibility index (Phi) is 64.6. The second kappa shape index (κ2) is 69.1. The molecule has 17 atom stereocenters. The van der Waals surface area contributed by atoms with Crippen molar-refractivity contribution in [1.82, 2.24) is 5.32 Å². The van der Waals surface area contributed by atoms with Crippen molar-refractivity contribution in [2.45, 2.75) is 529 Å². The van der Waals surface area contributed by atoms with E-state index in [1.807, 2.05) is 0 Å².